The Morgan fingerprint density at radius 1 is 0.347 bits per heavy atom. The topological polar surface area (TPSA) is 229 Å². The summed E-state index contributed by atoms with van der Waals surface area (Å²) in [5.74, 6) is -8.11. The van der Waals surface area contributed by atoms with Crippen LogP contribution in [0.25, 0.3) is 49.7 Å². The molecule has 49 heavy (non-hydrogen) atoms. The summed E-state index contributed by atoms with van der Waals surface area (Å²) in [5.41, 5.74) is 0.781. The van der Waals surface area contributed by atoms with Gasteiger partial charge in [-0.2, -0.15) is 0 Å². The number of carboxylic acid groups (broad SMARTS) is 6. The van der Waals surface area contributed by atoms with E-state index in [2.05, 4.69) is 0 Å². The highest BCUT2D eigenvalue weighted by Gasteiger charge is 2.20. The summed E-state index contributed by atoms with van der Waals surface area (Å²) in [6.45, 7) is 0. The van der Waals surface area contributed by atoms with E-state index >= 15 is 0 Å². The number of hydrogen-bond acceptors (Lipinski definition) is 6. The third-order valence-corrected chi connectivity index (χ3v) is 7.96. The molecule has 13 nitrogen and oxygen atoms in total. The van der Waals surface area contributed by atoms with E-state index in [1.165, 1.54) is 36.4 Å². The summed E-state index contributed by atoms with van der Waals surface area (Å²) in [6.07, 6.45) is 0. The lowest BCUT2D eigenvalue weighted by molar-refractivity contribution is 0.0676. The van der Waals surface area contributed by atoms with Gasteiger partial charge in [0.15, 0.2) is 0 Å². The Morgan fingerprint density at radius 2 is 0.633 bits per heavy atom. The van der Waals surface area contributed by atoms with Gasteiger partial charge >= 0.3 is 35.8 Å². The largest absolute Gasteiger partial charge is 0.478 e. The molecule has 6 N–H and O–H groups in total. The maximum absolute atomic E-state index is 12.0. The van der Waals surface area contributed by atoms with Gasteiger partial charge in [-0.25, -0.2) is 28.8 Å². The molecule has 0 saturated carbocycles. The summed E-state index contributed by atoms with van der Waals surface area (Å²) < 4.78 is 1.61. The Hall–Kier alpha value is -7.28. The molecule has 0 aliphatic rings. The third kappa shape index (κ3) is 5.79. The van der Waals surface area contributed by atoms with Gasteiger partial charge in [0.2, 0.25) is 0 Å². The number of carboxylic acids is 6. The monoisotopic (exact) mass is 659 g/mol. The lowest BCUT2D eigenvalue weighted by atomic mass is 9.96. The van der Waals surface area contributed by atoms with Gasteiger partial charge in [0.25, 0.3) is 0 Å². The molecule has 0 radical (unpaired) electrons. The zero-order valence-corrected chi connectivity index (χ0v) is 24.7. The van der Waals surface area contributed by atoms with Gasteiger partial charge in [0.1, 0.15) is 0 Å². The average Bonchev–Trinajstić information content (AvgIpc) is 3.40. The highest BCUT2D eigenvalue weighted by molar-refractivity contribution is 6.12. The van der Waals surface area contributed by atoms with Crippen LogP contribution in [0.3, 0.4) is 0 Å². The summed E-state index contributed by atoms with van der Waals surface area (Å²) in [6, 6.07) is 20.6. The number of benzene rings is 5. The van der Waals surface area contributed by atoms with Gasteiger partial charge in [-0.3, -0.25) is 0 Å². The molecule has 0 bridgehead atoms. The van der Waals surface area contributed by atoms with E-state index in [0.29, 0.717) is 32.9 Å². The first-order chi connectivity index (χ1) is 23.2. The highest BCUT2D eigenvalue weighted by Crippen LogP contribution is 2.38. The molecule has 0 aliphatic heterocycles. The fourth-order valence-electron chi connectivity index (χ4n) is 5.73. The van der Waals surface area contributed by atoms with Gasteiger partial charge < -0.3 is 35.2 Å². The van der Waals surface area contributed by atoms with Crippen molar-refractivity contribution in [2.24, 2.45) is 0 Å². The first kappa shape index (κ1) is 31.7. The molecule has 0 aliphatic carbocycles. The first-order valence-corrected chi connectivity index (χ1v) is 14.2. The van der Waals surface area contributed by atoms with Crippen molar-refractivity contribution in [1.82, 2.24) is 4.57 Å². The Labute approximate surface area is 273 Å². The molecule has 0 unspecified atom stereocenters. The van der Waals surface area contributed by atoms with Crippen LogP contribution in [0.2, 0.25) is 0 Å². The molecule has 5 aromatic carbocycles. The van der Waals surface area contributed by atoms with Crippen molar-refractivity contribution >= 4 is 57.6 Å². The number of rotatable bonds is 9. The van der Waals surface area contributed by atoms with Gasteiger partial charge in [0, 0.05) is 16.5 Å². The van der Waals surface area contributed by atoms with Crippen LogP contribution in [0.4, 0.5) is 0 Å². The number of fused-ring (bicyclic) bond motifs is 3. The second-order valence-electron chi connectivity index (χ2n) is 11.0. The van der Waals surface area contributed by atoms with Crippen LogP contribution < -0.4 is 0 Å². The summed E-state index contributed by atoms with van der Waals surface area (Å²) in [7, 11) is 0. The van der Waals surface area contributed by atoms with Crippen molar-refractivity contribution in [2.45, 2.75) is 0 Å². The molecule has 13 heteroatoms. The van der Waals surface area contributed by atoms with E-state index in [0.717, 1.165) is 18.2 Å². The quantitative estimate of drug-likeness (QED) is 0.100. The Balaban J connectivity index is 1.69. The minimum absolute atomic E-state index is 0.180. The van der Waals surface area contributed by atoms with Gasteiger partial charge in [-0.1, -0.05) is 12.1 Å². The molecular weight excluding hydrogens is 638 g/mol. The van der Waals surface area contributed by atoms with Gasteiger partial charge in [0.05, 0.1) is 44.4 Å². The molecule has 0 saturated heterocycles. The van der Waals surface area contributed by atoms with E-state index in [9.17, 15) is 59.4 Å². The molecule has 1 heterocycles. The van der Waals surface area contributed by atoms with Gasteiger partial charge in [-0.05, 0) is 101 Å². The average molecular weight is 660 g/mol. The van der Waals surface area contributed by atoms with Crippen molar-refractivity contribution in [3.63, 3.8) is 0 Å². The number of aromatic carboxylic acids is 6. The fourth-order valence-corrected chi connectivity index (χ4v) is 5.73. The molecule has 0 amide bonds. The predicted octanol–water partition coefficient (Wildman–Crippen LogP) is 6.31. The van der Waals surface area contributed by atoms with E-state index in [1.54, 1.807) is 41.0 Å². The second kappa shape index (κ2) is 11.8. The zero-order valence-electron chi connectivity index (χ0n) is 24.7. The lowest BCUT2D eigenvalue weighted by Crippen LogP contribution is -2.05. The minimum atomic E-state index is -1.37. The predicted molar refractivity (Wildman–Crippen MR) is 173 cm³/mol. The third-order valence-electron chi connectivity index (χ3n) is 7.96. The molecule has 6 aromatic rings. The number of hydrogen-bond donors (Lipinski definition) is 6. The molecule has 1 aromatic heterocycles. The Morgan fingerprint density at radius 3 is 0.918 bits per heavy atom. The van der Waals surface area contributed by atoms with Crippen LogP contribution in [-0.2, 0) is 0 Å². The number of nitrogens with zero attached hydrogens (tertiary/aromatic N) is 1. The summed E-state index contributed by atoms with van der Waals surface area (Å²) in [4.78, 5) is 71.2. The van der Waals surface area contributed by atoms with Crippen LogP contribution in [0, 0.1) is 0 Å². The maximum Gasteiger partial charge on any atom is 0.335 e. The SMILES string of the molecule is O=C(O)c1cc(C(=O)O)cc(-c2ccc3c(c2)c2cc(-c4cc(C(=O)O)cc(C(=O)O)c4)ccc2n3-c2cc(C(=O)O)cc(C(=O)O)c2)c1. The van der Waals surface area contributed by atoms with E-state index in [-0.39, 0.29) is 50.2 Å². The second-order valence-corrected chi connectivity index (χ2v) is 11.0. The van der Waals surface area contributed by atoms with Crippen LogP contribution in [0.5, 0.6) is 0 Å². The minimum Gasteiger partial charge on any atom is -0.478 e. The lowest BCUT2D eigenvalue weighted by Gasteiger charge is -2.11. The van der Waals surface area contributed by atoms with Crippen molar-refractivity contribution in [3.05, 3.63) is 124 Å². The first-order valence-electron chi connectivity index (χ1n) is 14.2. The van der Waals surface area contributed by atoms with Crippen molar-refractivity contribution in [1.29, 1.82) is 0 Å². The van der Waals surface area contributed by atoms with Crippen molar-refractivity contribution < 1.29 is 59.4 Å². The number of aromatic nitrogens is 1. The molecular formula is C36H21NO12. The summed E-state index contributed by atoms with van der Waals surface area (Å²) in [5, 5.41) is 58.9. The van der Waals surface area contributed by atoms with Crippen LogP contribution in [-0.4, -0.2) is 71.0 Å². The molecule has 242 valence electrons. The molecule has 0 atom stereocenters. The molecule has 6 rings (SSSR count). The summed E-state index contributed by atoms with van der Waals surface area (Å²) >= 11 is 0. The van der Waals surface area contributed by atoms with Crippen LogP contribution >= 0.6 is 0 Å². The van der Waals surface area contributed by atoms with Crippen LogP contribution in [0.15, 0.2) is 91.0 Å². The Kier molecular flexibility index (Phi) is 7.65. The highest BCUT2D eigenvalue weighted by atomic mass is 16.4. The molecule has 0 spiro atoms. The molecule has 0 fully saturated rings. The maximum atomic E-state index is 12.0. The van der Waals surface area contributed by atoms with Crippen molar-refractivity contribution in [3.8, 4) is 27.9 Å². The normalized spacial score (nSPS) is 11.0. The van der Waals surface area contributed by atoms with E-state index in [1.807, 2.05) is 0 Å². The van der Waals surface area contributed by atoms with Crippen LogP contribution in [0.1, 0.15) is 62.1 Å². The van der Waals surface area contributed by atoms with E-state index in [4.69, 9.17) is 0 Å². The fraction of sp³-hybridized carbons (Fsp3) is 0. The smallest absolute Gasteiger partial charge is 0.335 e. The Bertz CT molecular complexity index is 2240. The number of carbonyl (C=O) groups is 6. The zero-order chi connectivity index (χ0) is 35.3. The standard InChI is InChI=1S/C36H21NO12/c38-31(39)20-5-18(6-21(9-20)32(40)41)16-1-3-29-27(14-16)28-15-17(19-7-22(33(42)43)10-23(8-19)34(44)45)2-4-30(28)37(29)26-12-24(35(46)47)11-25(13-26)36(48)49/h1-15H,(H,38,39)(H,40,41)(H,42,43)(H,44,45)(H,46,47)(H,48,49). The van der Waals surface area contributed by atoms with E-state index < -0.39 is 35.8 Å². The van der Waals surface area contributed by atoms with Gasteiger partial charge in [-0.15, -0.1) is 0 Å². The van der Waals surface area contributed by atoms with Crippen molar-refractivity contribution in [2.75, 3.05) is 0 Å².